The van der Waals surface area contributed by atoms with E-state index in [1.54, 1.807) is 11.3 Å². The van der Waals surface area contributed by atoms with Gasteiger partial charge in [0.05, 0.1) is 12.4 Å². The first-order valence-corrected chi connectivity index (χ1v) is 9.65. The SMILES string of the molecule is CCOC[C@@H]1CCS(=O)(=O)C12CN(Cc1cccs1)C2. The number of ether oxygens (including phenoxy) is 1. The van der Waals surface area contributed by atoms with Crippen LogP contribution >= 0.6 is 11.3 Å². The maximum Gasteiger partial charge on any atom is 0.158 e. The smallest absolute Gasteiger partial charge is 0.158 e. The molecule has 3 rings (SSSR count). The first-order chi connectivity index (χ1) is 9.57. The summed E-state index contributed by atoms with van der Waals surface area (Å²) in [5.41, 5.74) is 0. The minimum atomic E-state index is -2.96. The molecule has 2 aliphatic heterocycles. The van der Waals surface area contributed by atoms with Gasteiger partial charge in [-0.25, -0.2) is 8.42 Å². The van der Waals surface area contributed by atoms with Crippen LogP contribution in [0.2, 0.25) is 0 Å². The maximum atomic E-state index is 12.4. The molecule has 3 heterocycles. The van der Waals surface area contributed by atoms with Crippen LogP contribution in [0.1, 0.15) is 18.2 Å². The predicted molar refractivity (Wildman–Crippen MR) is 80.7 cm³/mol. The van der Waals surface area contributed by atoms with Crippen molar-refractivity contribution in [1.29, 1.82) is 0 Å². The molecule has 0 radical (unpaired) electrons. The molecule has 0 saturated carbocycles. The molecular weight excluding hydrogens is 294 g/mol. The summed E-state index contributed by atoms with van der Waals surface area (Å²) in [5, 5.41) is 2.06. The second-order valence-electron chi connectivity index (χ2n) is 5.75. The molecule has 1 spiro atoms. The van der Waals surface area contributed by atoms with Gasteiger partial charge in [-0.05, 0) is 24.8 Å². The first kappa shape index (κ1) is 14.5. The molecule has 2 fully saturated rings. The van der Waals surface area contributed by atoms with Crippen molar-refractivity contribution in [3.05, 3.63) is 22.4 Å². The summed E-state index contributed by atoms with van der Waals surface area (Å²) in [7, 11) is -2.96. The van der Waals surface area contributed by atoms with Gasteiger partial charge in [-0.2, -0.15) is 0 Å². The third kappa shape index (κ3) is 2.32. The van der Waals surface area contributed by atoms with Crippen LogP contribution in [0.25, 0.3) is 0 Å². The van der Waals surface area contributed by atoms with E-state index in [0.717, 1.165) is 13.0 Å². The topological polar surface area (TPSA) is 46.6 Å². The Labute approximate surface area is 124 Å². The van der Waals surface area contributed by atoms with Crippen molar-refractivity contribution in [2.45, 2.75) is 24.6 Å². The van der Waals surface area contributed by atoms with Crippen LogP contribution in [0.5, 0.6) is 0 Å². The Morgan fingerprint density at radius 2 is 2.30 bits per heavy atom. The van der Waals surface area contributed by atoms with E-state index in [1.807, 2.05) is 13.0 Å². The molecule has 2 saturated heterocycles. The number of thiophene rings is 1. The van der Waals surface area contributed by atoms with Crippen LogP contribution in [0.15, 0.2) is 17.5 Å². The summed E-state index contributed by atoms with van der Waals surface area (Å²) in [6, 6.07) is 4.15. The van der Waals surface area contributed by atoms with Crippen molar-refractivity contribution in [3.63, 3.8) is 0 Å². The van der Waals surface area contributed by atoms with E-state index in [1.165, 1.54) is 4.88 Å². The Morgan fingerprint density at radius 3 is 2.95 bits per heavy atom. The van der Waals surface area contributed by atoms with Gasteiger partial charge in [0.1, 0.15) is 4.75 Å². The minimum absolute atomic E-state index is 0.173. The summed E-state index contributed by atoms with van der Waals surface area (Å²) in [6.45, 7) is 5.42. The van der Waals surface area contributed by atoms with Gasteiger partial charge in [0.25, 0.3) is 0 Å². The number of nitrogens with zero attached hydrogens (tertiary/aromatic N) is 1. The molecule has 1 aromatic heterocycles. The van der Waals surface area contributed by atoms with Crippen LogP contribution in [-0.2, 0) is 21.1 Å². The van der Waals surface area contributed by atoms with E-state index in [2.05, 4.69) is 16.3 Å². The van der Waals surface area contributed by atoms with Crippen LogP contribution in [0.3, 0.4) is 0 Å². The molecular formula is C14H21NO3S2. The average molecular weight is 315 g/mol. The van der Waals surface area contributed by atoms with E-state index in [4.69, 9.17) is 4.74 Å². The number of likely N-dealkylation sites (tertiary alicyclic amines) is 1. The van der Waals surface area contributed by atoms with Gasteiger partial charge in [-0.15, -0.1) is 11.3 Å². The highest BCUT2D eigenvalue weighted by atomic mass is 32.2. The van der Waals surface area contributed by atoms with Gasteiger partial charge in [-0.1, -0.05) is 6.07 Å². The summed E-state index contributed by atoms with van der Waals surface area (Å²) in [6.07, 6.45) is 0.759. The van der Waals surface area contributed by atoms with Gasteiger partial charge in [0.15, 0.2) is 9.84 Å². The molecule has 0 unspecified atom stereocenters. The normalized spacial score (nSPS) is 27.8. The maximum absolute atomic E-state index is 12.4. The van der Waals surface area contributed by atoms with Crippen LogP contribution in [-0.4, -0.2) is 50.1 Å². The third-order valence-electron chi connectivity index (χ3n) is 4.56. The van der Waals surface area contributed by atoms with E-state index in [9.17, 15) is 8.42 Å². The van der Waals surface area contributed by atoms with Gasteiger partial charge >= 0.3 is 0 Å². The molecule has 0 N–H and O–H groups in total. The molecule has 4 nitrogen and oxygen atoms in total. The van der Waals surface area contributed by atoms with Crippen LogP contribution < -0.4 is 0 Å². The standard InChI is InChI=1S/C14H21NO3S2/c1-2-18-9-12-5-7-20(16,17)14(12)10-15(11-14)8-13-4-3-6-19-13/h3-4,6,12H,2,5,7-11H2,1H3/t12-/m0/s1. The summed E-state index contributed by atoms with van der Waals surface area (Å²) < 4.78 is 29.8. The lowest BCUT2D eigenvalue weighted by molar-refractivity contribution is 0.0297. The lowest BCUT2D eigenvalue weighted by Gasteiger charge is -2.49. The van der Waals surface area contributed by atoms with Gasteiger partial charge in [0.2, 0.25) is 0 Å². The van der Waals surface area contributed by atoms with Crippen LogP contribution in [0, 0.1) is 5.92 Å². The zero-order valence-electron chi connectivity index (χ0n) is 11.7. The molecule has 1 aromatic rings. The fourth-order valence-electron chi connectivity index (χ4n) is 3.41. The van der Waals surface area contributed by atoms with Gasteiger partial charge < -0.3 is 4.74 Å². The molecule has 2 aliphatic rings. The van der Waals surface area contributed by atoms with Crippen molar-refractivity contribution < 1.29 is 13.2 Å². The molecule has 0 aromatic carbocycles. The summed E-state index contributed by atoms with van der Waals surface area (Å²) in [5.74, 6) is 0.504. The fourth-order valence-corrected chi connectivity index (χ4v) is 6.61. The largest absolute Gasteiger partial charge is 0.381 e. The van der Waals surface area contributed by atoms with E-state index < -0.39 is 14.6 Å². The highest BCUT2D eigenvalue weighted by molar-refractivity contribution is 7.93. The molecule has 0 bridgehead atoms. The molecule has 1 atom stereocenters. The quantitative estimate of drug-likeness (QED) is 0.831. The Hall–Kier alpha value is -0.430. The highest BCUT2D eigenvalue weighted by Gasteiger charge is 2.61. The number of rotatable bonds is 5. The molecule has 6 heteroatoms. The van der Waals surface area contributed by atoms with Gasteiger partial charge in [-0.3, -0.25) is 4.90 Å². The van der Waals surface area contributed by atoms with Crippen molar-refractivity contribution in [3.8, 4) is 0 Å². The Bertz CT molecular complexity index is 547. The van der Waals surface area contributed by atoms with Crippen molar-refractivity contribution in [2.75, 3.05) is 32.1 Å². The summed E-state index contributed by atoms with van der Waals surface area (Å²) >= 11 is 1.73. The first-order valence-electron chi connectivity index (χ1n) is 7.12. The molecule has 0 aliphatic carbocycles. The highest BCUT2D eigenvalue weighted by Crippen LogP contribution is 2.45. The molecule has 20 heavy (non-hydrogen) atoms. The van der Waals surface area contributed by atoms with Crippen molar-refractivity contribution >= 4 is 21.2 Å². The number of sulfone groups is 1. The average Bonchev–Trinajstić information content (AvgIpc) is 2.94. The minimum Gasteiger partial charge on any atom is -0.381 e. The second-order valence-corrected chi connectivity index (χ2v) is 9.24. The second kappa shape index (κ2) is 5.40. The van der Waals surface area contributed by atoms with Crippen molar-refractivity contribution in [2.24, 2.45) is 5.92 Å². The Kier molecular flexibility index (Phi) is 3.92. The zero-order chi connectivity index (χ0) is 14.2. The van der Waals surface area contributed by atoms with E-state index in [-0.39, 0.29) is 5.92 Å². The molecule has 112 valence electrons. The Morgan fingerprint density at radius 1 is 1.50 bits per heavy atom. The third-order valence-corrected chi connectivity index (χ3v) is 8.03. The van der Waals surface area contributed by atoms with Crippen LogP contribution in [0.4, 0.5) is 0 Å². The Balaban J connectivity index is 1.68. The number of hydrogen-bond donors (Lipinski definition) is 0. The zero-order valence-corrected chi connectivity index (χ0v) is 13.4. The fraction of sp³-hybridized carbons (Fsp3) is 0.714. The summed E-state index contributed by atoms with van der Waals surface area (Å²) in [4.78, 5) is 3.55. The lowest BCUT2D eigenvalue weighted by Crippen LogP contribution is -2.67. The monoisotopic (exact) mass is 315 g/mol. The lowest BCUT2D eigenvalue weighted by atomic mass is 9.83. The molecule has 0 amide bonds. The van der Waals surface area contributed by atoms with E-state index in [0.29, 0.717) is 32.1 Å². The van der Waals surface area contributed by atoms with Crippen molar-refractivity contribution in [1.82, 2.24) is 4.90 Å². The predicted octanol–water partition coefficient (Wildman–Crippen LogP) is 1.77. The van der Waals surface area contributed by atoms with E-state index >= 15 is 0 Å². The number of hydrogen-bond acceptors (Lipinski definition) is 5. The van der Waals surface area contributed by atoms with Gasteiger partial charge in [0, 0.05) is 37.0 Å².